The second-order valence-electron chi connectivity index (χ2n) is 6.06. The van der Waals surface area contributed by atoms with Crippen LogP contribution in [0.4, 0.5) is 0 Å². The molecule has 88 valence electrons. The molecule has 15 heavy (non-hydrogen) atoms. The normalized spacial score (nSPS) is 14.6. The maximum atomic E-state index is 11.8. The van der Waals surface area contributed by atoms with Crippen molar-refractivity contribution in [1.82, 2.24) is 5.32 Å². The van der Waals surface area contributed by atoms with Gasteiger partial charge in [0.15, 0.2) is 5.78 Å². The minimum Gasteiger partial charge on any atom is -0.346 e. The fourth-order valence-corrected chi connectivity index (χ4v) is 1.13. The Morgan fingerprint density at radius 3 is 1.60 bits per heavy atom. The van der Waals surface area contributed by atoms with Crippen LogP contribution in [-0.4, -0.2) is 17.7 Å². The summed E-state index contributed by atoms with van der Waals surface area (Å²) in [4.78, 5) is 23.5. The Balaban J connectivity index is 4.46. The number of hydrogen-bond donors (Lipinski definition) is 1. The van der Waals surface area contributed by atoms with Crippen LogP contribution in [0.1, 0.15) is 48.5 Å². The number of nitrogens with one attached hydrogen (secondary N) is 1. The summed E-state index contributed by atoms with van der Waals surface area (Å²) in [5, 5.41) is 2.74. The number of ketones is 1. The molecule has 0 aromatic carbocycles. The molecule has 0 unspecified atom stereocenters. The van der Waals surface area contributed by atoms with Crippen molar-refractivity contribution >= 4 is 11.7 Å². The first-order chi connectivity index (χ1) is 6.46. The van der Waals surface area contributed by atoms with Crippen molar-refractivity contribution in [1.29, 1.82) is 0 Å². The highest BCUT2D eigenvalue weighted by Gasteiger charge is 2.30. The van der Waals surface area contributed by atoms with E-state index in [2.05, 4.69) is 5.32 Å². The zero-order valence-corrected chi connectivity index (χ0v) is 10.9. The van der Waals surface area contributed by atoms with E-state index >= 15 is 0 Å². The average Bonchev–Trinajstić information content (AvgIpc) is 1.99. The third-order valence-electron chi connectivity index (χ3n) is 2.16. The predicted molar refractivity (Wildman–Crippen MR) is 61.5 cm³/mol. The van der Waals surface area contributed by atoms with Gasteiger partial charge in [-0.1, -0.05) is 41.5 Å². The van der Waals surface area contributed by atoms with Gasteiger partial charge in [0, 0.05) is 10.8 Å². The average molecular weight is 213 g/mol. The van der Waals surface area contributed by atoms with E-state index in [9.17, 15) is 9.59 Å². The van der Waals surface area contributed by atoms with Crippen LogP contribution in [0.3, 0.4) is 0 Å². The predicted octanol–water partition coefficient (Wildman–Crippen LogP) is 2.15. The molecular weight excluding hydrogens is 190 g/mol. The maximum Gasteiger partial charge on any atom is 0.225 e. The minimum absolute atomic E-state index is 0.0556. The Morgan fingerprint density at radius 2 is 1.33 bits per heavy atom. The van der Waals surface area contributed by atoms with Gasteiger partial charge in [-0.2, -0.15) is 0 Å². The fourth-order valence-electron chi connectivity index (χ4n) is 1.13. The SMILES string of the molecule is C[C@@H](NC(=O)C(C)(C)C)C(=O)C(C)(C)C. The number of carbonyl (C=O) groups is 2. The lowest BCUT2D eigenvalue weighted by Gasteiger charge is -2.25. The second-order valence-corrected chi connectivity index (χ2v) is 6.06. The van der Waals surface area contributed by atoms with E-state index in [0.717, 1.165) is 0 Å². The van der Waals surface area contributed by atoms with Crippen LogP contribution < -0.4 is 5.32 Å². The molecule has 0 saturated carbocycles. The smallest absolute Gasteiger partial charge is 0.225 e. The quantitative estimate of drug-likeness (QED) is 0.764. The number of rotatable bonds is 2. The highest BCUT2D eigenvalue weighted by molar-refractivity contribution is 5.93. The lowest BCUT2D eigenvalue weighted by Crippen LogP contribution is -2.47. The number of carbonyl (C=O) groups excluding carboxylic acids is 2. The molecule has 0 radical (unpaired) electrons. The van der Waals surface area contributed by atoms with Crippen LogP contribution in [-0.2, 0) is 9.59 Å². The van der Waals surface area contributed by atoms with Crippen LogP contribution in [0.5, 0.6) is 0 Å². The number of Topliss-reactive ketones (excluding diaryl/α,β-unsaturated/α-hetero) is 1. The molecule has 0 aliphatic rings. The standard InChI is InChI=1S/C12H23NO2/c1-8(9(14)11(2,3)4)13-10(15)12(5,6)7/h8H,1-7H3,(H,13,15)/t8-/m1/s1. The van der Waals surface area contributed by atoms with E-state index in [0.29, 0.717) is 0 Å². The number of hydrogen-bond acceptors (Lipinski definition) is 2. The molecular formula is C12H23NO2. The van der Waals surface area contributed by atoms with Crippen LogP contribution in [0.15, 0.2) is 0 Å². The van der Waals surface area contributed by atoms with Gasteiger partial charge in [-0.05, 0) is 6.92 Å². The molecule has 1 N–H and O–H groups in total. The zero-order valence-electron chi connectivity index (χ0n) is 10.9. The van der Waals surface area contributed by atoms with Crippen molar-refractivity contribution in [2.75, 3.05) is 0 Å². The van der Waals surface area contributed by atoms with Gasteiger partial charge in [0.1, 0.15) is 0 Å². The Kier molecular flexibility index (Phi) is 4.08. The Hall–Kier alpha value is -0.860. The van der Waals surface area contributed by atoms with Crippen LogP contribution in [0.2, 0.25) is 0 Å². The van der Waals surface area contributed by atoms with Crippen molar-refractivity contribution in [2.24, 2.45) is 10.8 Å². The summed E-state index contributed by atoms with van der Waals surface area (Å²) >= 11 is 0. The second kappa shape index (κ2) is 4.33. The largest absolute Gasteiger partial charge is 0.346 e. The monoisotopic (exact) mass is 213 g/mol. The molecule has 0 rings (SSSR count). The molecule has 1 amide bonds. The Bertz CT molecular complexity index is 256. The van der Waals surface area contributed by atoms with E-state index in [1.165, 1.54) is 0 Å². The van der Waals surface area contributed by atoms with Crippen LogP contribution >= 0.6 is 0 Å². The van der Waals surface area contributed by atoms with Gasteiger partial charge in [-0.3, -0.25) is 9.59 Å². The van der Waals surface area contributed by atoms with Gasteiger partial charge >= 0.3 is 0 Å². The van der Waals surface area contributed by atoms with Gasteiger partial charge in [-0.15, -0.1) is 0 Å². The maximum absolute atomic E-state index is 11.8. The summed E-state index contributed by atoms with van der Waals surface area (Å²) in [7, 11) is 0. The molecule has 0 fully saturated rings. The Morgan fingerprint density at radius 1 is 0.933 bits per heavy atom. The summed E-state index contributed by atoms with van der Waals surface area (Å²) in [6.07, 6.45) is 0. The summed E-state index contributed by atoms with van der Waals surface area (Å²) in [6.45, 7) is 12.8. The van der Waals surface area contributed by atoms with E-state index in [4.69, 9.17) is 0 Å². The molecule has 0 aromatic heterocycles. The van der Waals surface area contributed by atoms with Gasteiger partial charge in [0.2, 0.25) is 5.91 Å². The third kappa shape index (κ3) is 4.45. The minimum atomic E-state index is -0.452. The van der Waals surface area contributed by atoms with Crippen molar-refractivity contribution in [2.45, 2.75) is 54.5 Å². The molecule has 0 heterocycles. The lowest BCUT2D eigenvalue weighted by molar-refractivity contribution is -0.135. The highest BCUT2D eigenvalue weighted by atomic mass is 16.2. The first-order valence-corrected chi connectivity index (χ1v) is 5.31. The van der Waals surface area contributed by atoms with E-state index in [1.807, 2.05) is 41.5 Å². The molecule has 3 nitrogen and oxygen atoms in total. The molecule has 0 aliphatic heterocycles. The van der Waals surface area contributed by atoms with Crippen molar-refractivity contribution < 1.29 is 9.59 Å². The third-order valence-corrected chi connectivity index (χ3v) is 2.16. The topological polar surface area (TPSA) is 46.2 Å². The van der Waals surface area contributed by atoms with Crippen LogP contribution in [0, 0.1) is 10.8 Å². The van der Waals surface area contributed by atoms with Gasteiger partial charge in [-0.25, -0.2) is 0 Å². The summed E-state index contributed by atoms with van der Waals surface area (Å²) < 4.78 is 0. The highest BCUT2D eigenvalue weighted by Crippen LogP contribution is 2.18. The van der Waals surface area contributed by atoms with E-state index < -0.39 is 16.9 Å². The van der Waals surface area contributed by atoms with Crippen molar-refractivity contribution in [3.05, 3.63) is 0 Å². The first-order valence-electron chi connectivity index (χ1n) is 5.31. The van der Waals surface area contributed by atoms with Crippen LogP contribution in [0.25, 0.3) is 0 Å². The molecule has 0 aliphatic carbocycles. The van der Waals surface area contributed by atoms with E-state index in [1.54, 1.807) is 6.92 Å². The van der Waals surface area contributed by atoms with E-state index in [-0.39, 0.29) is 11.7 Å². The lowest BCUT2D eigenvalue weighted by atomic mass is 9.86. The first kappa shape index (κ1) is 14.1. The fraction of sp³-hybridized carbons (Fsp3) is 0.833. The van der Waals surface area contributed by atoms with Crippen molar-refractivity contribution in [3.63, 3.8) is 0 Å². The summed E-state index contributed by atoms with van der Waals surface area (Å²) in [6, 6.07) is -0.420. The summed E-state index contributed by atoms with van der Waals surface area (Å²) in [5.41, 5.74) is -0.864. The van der Waals surface area contributed by atoms with Gasteiger partial charge in [0.25, 0.3) is 0 Å². The molecule has 0 aromatic rings. The molecule has 0 bridgehead atoms. The molecule has 0 spiro atoms. The molecule has 0 saturated heterocycles. The van der Waals surface area contributed by atoms with Gasteiger partial charge < -0.3 is 5.32 Å². The van der Waals surface area contributed by atoms with Gasteiger partial charge in [0.05, 0.1) is 6.04 Å². The number of amides is 1. The molecule has 3 heteroatoms. The summed E-state index contributed by atoms with van der Waals surface area (Å²) in [5.74, 6) is -0.0345. The Labute approximate surface area is 92.6 Å². The molecule has 1 atom stereocenters. The van der Waals surface area contributed by atoms with Crippen molar-refractivity contribution in [3.8, 4) is 0 Å². The zero-order chi connectivity index (χ0) is 12.4.